The Labute approximate surface area is 88.9 Å². The summed E-state index contributed by atoms with van der Waals surface area (Å²) in [5, 5.41) is 7.07. The monoisotopic (exact) mass is 208 g/mol. The van der Waals surface area contributed by atoms with Gasteiger partial charge in [-0.1, -0.05) is 0 Å². The summed E-state index contributed by atoms with van der Waals surface area (Å²) in [6.07, 6.45) is 3.05. The first kappa shape index (κ1) is 10.1. The third kappa shape index (κ3) is 2.00. The highest BCUT2D eigenvalue weighted by Gasteiger charge is 2.24. The van der Waals surface area contributed by atoms with Crippen molar-refractivity contribution in [3.63, 3.8) is 0 Å². The van der Waals surface area contributed by atoms with E-state index in [4.69, 9.17) is 0 Å². The van der Waals surface area contributed by atoms with Crippen molar-refractivity contribution in [1.82, 2.24) is 20.1 Å². The molecule has 5 nitrogen and oxygen atoms in total. The van der Waals surface area contributed by atoms with E-state index in [0.717, 1.165) is 12.2 Å². The summed E-state index contributed by atoms with van der Waals surface area (Å²) < 4.78 is 1.93. The lowest BCUT2D eigenvalue weighted by Gasteiger charge is -2.23. The van der Waals surface area contributed by atoms with Gasteiger partial charge in [-0.2, -0.15) is 5.10 Å². The molecule has 1 unspecified atom stereocenters. The molecule has 0 bridgehead atoms. The van der Waals surface area contributed by atoms with Crippen molar-refractivity contribution in [2.45, 2.75) is 38.6 Å². The molecule has 0 radical (unpaired) electrons. The van der Waals surface area contributed by atoms with E-state index in [0.29, 0.717) is 24.9 Å². The second kappa shape index (κ2) is 4.00. The van der Waals surface area contributed by atoms with E-state index in [2.05, 4.69) is 29.2 Å². The van der Waals surface area contributed by atoms with E-state index in [1.54, 1.807) is 6.33 Å². The molecule has 82 valence electrons. The van der Waals surface area contributed by atoms with E-state index in [-0.39, 0.29) is 5.91 Å². The molecule has 5 heteroatoms. The number of nitrogens with zero attached hydrogens (tertiary/aromatic N) is 3. The van der Waals surface area contributed by atoms with Crippen molar-refractivity contribution < 1.29 is 4.79 Å². The van der Waals surface area contributed by atoms with Crippen molar-refractivity contribution in [3.05, 3.63) is 12.2 Å². The van der Waals surface area contributed by atoms with Crippen LogP contribution in [0.15, 0.2) is 6.33 Å². The van der Waals surface area contributed by atoms with Crippen LogP contribution in [0.3, 0.4) is 0 Å². The molecule has 1 amide bonds. The van der Waals surface area contributed by atoms with Gasteiger partial charge in [-0.25, -0.2) is 9.67 Å². The summed E-state index contributed by atoms with van der Waals surface area (Å²) in [5.41, 5.74) is 0. The van der Waals surface area contributed by atoms with Gasteiger partial charge in [0.1, 0.15) is 12.2 Å². The number of rotatable bonds is 2. The molecule has 15 heavy (non-hydrogen) atoms. The molecule has 0 aliphatic carbocycles. The van der Waals surface area contributed by atoms with Gasteiger partial charge in [-0.3, -0.25) is 4.79 Å². The smallest absolute Gasteiger partial charge is 0.220 e. The second-order valence-electron chi connectivity index (χ2n) is 4.20. The van der Waals surface area contributed by atoms with Gasteiger partial charge >= 0.3 is 0 Å². The minimum absolute atomic E-state index is 0.141. The lowest BCUT2D eigenvalue weighted by atomic mass is 9.98. The Morgan fingerprint density at radius 3 is 3.00 bits per heavy atom. The van der Waals surface area contributed by atoms with E-state index in [1.807, 2.05) is 4.68 Å². The number of nitrogens with one attached hydrogen (secondary N) is 1. The first-order chi connectivity index (χ1) is 7.18. The van der Waals surface area contributed by atoms with Gasteiger partial charge in [-0.15, -0.1) is 0 Å². The molecular weight excluding hydrogens is 192 g/mol. The maximum atomic E-state index is 11.0. The summed E-state index contributed by atoms with van der Waals surface area (Å²) in [4.78, 5) is 15.3. The molecule has 1 N–H and O–H groups in total. The van der Waals surface area contributed by atoms with Crippen molar-refractivity contribution in [1.29, 1.82) is 0 Å². The van der Waals surface area contributed by atoms with Crippen molar-refractivity contribution in [3.8, 4) is 0 Å². The van der Waals surface area contributed by atoms with Crippen molar-refractivity contribution >= 4 is 5.91 Å². The first-order valence-electron chi connectivity index (χ1n) is 5.34. The van der Waals surface area contributed by atoms with Gasteiger partial charge in [-0.05, 0) is 20.3 Å². The summed E-state index contributed by atoms with van der Waals surface area (Å²) in [6, 6.07) is 0.320. The van der Waals surface area contributed by atoms with E-state index < -0.39 is 0 Å². The van der Waals surface area contributed by atoms with Gasteiger partial charge in [0.25, 0.3) is 0 Å². The number of hydrogen-bond acceptors (Lipinski definition) is 3. The van der Waals surface area contributed by atoms with Crippen LogP contribution < -0.4 is 5.32 Å². The Balaban J connectivity index is 2.15. The number of piperidine rings is 1. The lowest BCUT2D eigenvalue weighted by molar-refractivity contribution is -0.122. The van der Waals surface area contributed by atoms with Crippen LogP contribution in [-0.4, -0.2) is 27.2 Å². The molecule has 1 saturated heterocycles. The first-order valence-corrected chi connectivity index (χ1v) is 5.34. The fourth-order valence-electron chi connectivity index (χ4n) is 1.90. The van der Waals surface area contributed by atoms with Crippen LogP contribution in [0.1, 0.15) is 44.5 Å². The summed E-state index contributed by atoms with van der Waals surface area (Å²) in [5.74, 6) is 1.44. The largest absolute Gasteiger partial charge is 0.355 e. The van der Waals surface area contributed by atoms with Crippen LogP contribution >= 0.6 is 0 Å². The molecule has 1 aromatic rings. The highest BCUT2D eigenvalue weighted by molar-refractivity contribution is 5.76. The van der Waals surface area contributed by atoms with E-state index in [1.165, 1.54) is 0 Å². The predicted octanol–water partition coefficient (Wildman–Crippen LogP) is 0.853. The molecule has 1 fully saturated rings. The zero-order chi connectivity index (χ0) is 10.8. The standard InChI is InChI=1S/C10H16N4O/c1-7(2)14-10(12-6-13-14)8-3-4-9(15)11-5-8/h6-8H,3-5H2,1-2H3,(H,11,15). The maximum Gasteiger partial charge on any atom is 0.220 e. The summed E-state index contributed by atoms with van der Waals surface area (Å²) in [7, 11) is 0. The molecule has 1 aliphatic heterocycles. The highest BCUT2D eigenvalue weighted by atomic mass is 16.1. The van der Waals surface area contributed by atoms with Crippen LogP contribution in [0, 0.1) is 0 Å². The van der Waals surface area contributed by atoms with Gasteiger partial charge in [0.15, 0.2) is 0 Å². The molecule has 1 aromatic heterocycles. The number of aromatic nitrogens is 3. The van der Waals surface area contributed by atoms with Crippen LogP contribution in [0.5, 0.6) is 0 Å². The Morgan fingerprint density at radius 1 is 1.60 bits per heavy atom. The molecule has 2 rings (SSSR count). The zero-order valence-electron chi connectivity index (χ0n) is 9.10. The van der Waals surface area contributed by atoms with Crippen LogP contribution in [0.2, 0.25) is 0 Å². The number of carbonyl (C=O) groups is 1. The lowest BCUT2D eigenvalue weighted by Crippen LogP contribution is -2.35. The molecule has 0 aromatic carbocycles. The fourth-order valence-corrected chi connectivity index (χ4v) is 1.90. The average molecular weight is 208 g/mol. The molecule has 1 aliphatic rings. The number of hydrogen-bond donors (Lipinski definition) is 1. The van der Waals surface area contributed by atoms with E-state index >= 15 is 0 Å². The van der Waals surface area contributed by atoms with Gasteiger partial charge in [0, 0.05) is 24.9 Å². The Morgan fingerprint density at radius 2 is 2.40 bits per heavy atom. The summed E-state index contributed by atoms with van der Waals surface area (Å²) in [6.45, 7) is 4.85. The van der Waals surface area contributed by atoms with Gasteiger partial charge < -0.3 is 5.32 Å². The third-order valence-corrected chi connectivity index (χ3v) is 2.72. The fraction of sp³-hybridized carbons (Fsp3) is 0.700. The molecule has 2 heterocycles. The Hall–Kier alpha value is -1.39. The van der Waals surface area contributed by atoms with E-state index in [9.17, 15) is 4.79 Å². The normalized spacial score (nSPS) is 21.8. The second-order valence-corrected chi connectivity index (χ2v) is 4.20. The number of amides is 1. The quantitative estimate of drug-likeness (QED) is 0.784. The molecule has 0 saturated carbocycles. The Kier molecular flexibility index (Phi) is 2.70. The average Bonchev–Trinajstić information content (AvgIpc) is 2.67. The zero-order valence-corrected chi connectivity index (χ0v) is 9.10. The molecule has 0 spiro atoms. The van der Waals surface area contributed by atoms with Gasteiger partial charge in [0.2, 0.25) is 5.91 Å². The topological polar surface area (TPSA) is 59.8 Å². The van der Waals surface area contributed by atoms with Gasteiger partial charge in [0.05, 0.1) is 0 Å². The molecule has 1 atom stereocenters. The highest BCUT2D eigenvalue weighted by Crippen LogP contribution is 2.23. The molecular formula is C10H16N4O. The predicted molar refractivity (Wildman–Crippen MR) is 55.4 cm³/mol. The Bertz CT molecular complexity index is 348. The summed E-state index contributed by atoms with van der Waals surface area (Å²) >= 11 is 0. The van der Waals surface area contributed by atoms with Crippen LogP contribution in [0.4, 0.5) is 0 Å². The SMILES string of the molecule is CC(C)n1ncnc1C1CCC(=O)NC1. The third-order valence-electron chi connectivity index (χ3n) is 2.72. The van der Waals surface area contributed by atoms with Crippen molar-refractivity contribution in [2.75, 3.05) is 6.54 Å². The minimum Gasteiger partial charge on any atom is -0.355 e. The van der Waals surface area contributed by atoms with Crippen LogP contribution in [0.25, 0.3) is 0 Å². The van der Waals surface area contributed by atoms with Crippen molar-refractivity contribution in [2.24, 2.45) is 0 Å². The number of carbonyl (C=O) groups excluding carboxylic acids is 1. The minimum atomic E-state index is 0.141. The maximum absolute atomic E-state index is 11.0. The van der Waals surface area contributed by atoms with Crippen LogP contribution in [-0.2, 0) is 4.79 Å².